The first-order valence-electron chi connectivity index (χ1n) is 8.57. The lowest BCUT2D eigenvalue weighted by atomic mass is 9.97. The van der Waals surface area contributed by atoms with Gasteiger partial charge < -0.3 is 5.32 Å². The number of rotatable bonds is 6. The van der Waals surface area contributed by atoms with Crippen molar-refractivity contribution in [2.75, 3.05) is 11.9 Å². The monoisotopic (exact) mass is 325 g/mol. The smallest absolute Gasteiger partial charge is 0.0566 e. The molecule has 1 N–H and O–H groups in total. The molecule has 2 heteroatoms. The highest BCUT2D eigenvalue weighted by molar-refractivity contribution is 6.42. The molecule has 0 spiro atoms. The predicted molar refractivity (Wildman–Crippen MR) is 104 cm³/mol. The molecule has 0 aliphatic heterocycles. The summed E-state index contributed by atoms with van der Waals surface area (Å²) >= 11 is 6.73. The highest BCUT2D eigenvalue weighted by atomic mass is 35.5. The maximum Gasteiger partial charge on any atom is 0.0566 e. The molecule has 0 atom stereocenters. The van der Waals surface area contributed by atoms with Gasteiger partial charge in [-0.1, -0.05) is 80.3 Å². The molecule has 3 aromatic carbocycles. The zero-order valence-electron chi connectivity index (χ0n) is 14.0. The van der Waals surface area contributed by atoms with Gasteiger partial charge in [0.25, 0.3) is 0 Å². The summed E-state index contributed by atoms with van der Waals surface area (Å²) in [5.41, 5.74) is 2.45. The van der Waals surface area contributed by atoms with Crippen LogP contribution in [-0.4, -0.2) is 6.54 Å². The number of hydrogen-bond acceptors (Lipinski definition) is 1. The third kappa shape index (κ3) is 3.16. The zero-order chi connectivity index (χ0) is 16.2. The van der Waals surface area contributed by atoms with Crippen LogP contribution in [0.15, 0.2) is 42.5 Å². The molecule has 1 nitrogen and oxygen atoms in total. The predicted octanol–water partition coefficient (Wildman–Crippen LogP) is 6.95. The average molecular weight is 326 g/mol. The van der Waals surface area contributed by atoms with Crippen LogP contribution in [0.2, 0.25) is 5.02 Å². The van der Waals surface area contributed by atoms with Crippen molar-refractivity contribution in [3.8, 4) is 0 Å². The number of unbranched alkanes of at least 4 members (excludes halogenated alkanes) is 3. The van der Waals surface area contributed by atoms with Crippen LogP contribution < -0.4 is 5.32 Å². The molecule has 0 saturated carbocycles. The number of halogens is 1. The molecule has 23 heavy (non-hydrogen) atoms. The lowest BCUT2D eigenvalue weighted by molar-refractivity contribution is 0.685. The van der Waals surface area contributed by atoms with Crippen LogP contribution in [-0.2, 0) is 0 Å². The molecular formula is C21H24ClN. The summed E-state index contributed by atoms with van der Waals surface area (Å²) in [6, 6.07) is 14.9. The van der Waals surface area contributed by atoms with Crippen molar-refractivity contribution >= 4 is 38.8 Å². The number of nitrogens with one attached hydrogen (secondary N) is 1. The Morgan fingerprint density at radius 3 is 2.39 bits per heavy atom. The lowest BCUT2D eigenvalue weighted by Crippen LogP contribution is -2.03. The Bertz CT molecular complexity index is 823. The Morgan fingerprint density at radius 1 is 0.870 bits per heavy atom. The topological polar surface area (TPSA) is 12.0 Å². The molecule has 0 aromatic heterocycles. The number of hydrogen-bond donors (Lipinski definition) is 1. The van der Waals surface area contributed by atoms with Crippen molar-refractivity contribution in [3.63, 3.8) is 0 Å². The molecule has 0 aliphatic carbocycles. The van der Waals surface area contributed by atoms with Gasteiger partial charge in [-0.05, 0) is 18.9 Å². The Balaban J connectivity index is 2.09. The average Bonchev–Trinajstić information content (AvgIpc) is 2.57. The quantitative estimate of drug-likeness (QED) is 0.382. The summed E-state index contributed by atoms with van der Waals surface area (Å²) < 4.78 is 0. The first kappa shape index (κ1) is 16.1. The summed E-state index contributed by atoms with van der Waals surface area (Å²) in [5, 5.41) is 9.29. The Morgan fingerprint density at radius 2 is 1.61 bits per heavy atom. The molecule has 0 aliphatic rings. The van der Waals surface area contributed by atoms with E-state index in [9.17, 15) is 0 Å². The molecule has 0 amide bonds. The fourth-order valence-corrected chi connectivity index (χ4v) is 3.71. The molecule has 0 radical (unpaired) electrons. The number of fused-ring (bicyclic) bond motifs is 2. The van der Waals surface area contributed by atoms with Crippen molar-refractivity contribution in [1.82, 2.24) is 0 Å². The Hall–Kier alpha value is -1.73. The third-order valence-corrected chi connectivity index (χ3v) is 4.92. The SMILES string of the molecule is CCCCCCNc1c2ccccc2c(Cl)c2c(C)cccc12. The Labute approximate surface area is 143 Å². The van der Waals surface area contributed by atoms with Crippen molar-refractivity contribution in [2.24, 2.45) is 0 Å². The highest BCUT2D eigenvalue weighted by Crippen LogP contribution is 2.40. The van der Waals surface area contributed by atoms with Gasteiger partial charge in [-0.2, -0.15) is 0 Å². The van der Waals surface area contributed by atoms with E-state index in [1.165, 1.54) is 53.1 Å². The van der Waals surface area contributed by atoms with E-state index in [4.69, 9.17) is 11.6 Å². The van der Waals surface area contributed by atoms with E-state index in [0.717, 1.165) is 17.0 Å². The molecule has 0 saturated heterocycles. The fourth-order valence-electron chi connectivity index (χ4n) is 3.30. The Kier molecular flexibility index (Phi) is 5.07. The van der Waals surface area contributed by atoms with Crippen LogP contribution in [0.1, 0.15) is 38.2 Å². The maximum absolute atomic E-state index is 6.73. The molecule has 0 fully saturated rings. The van der Waals surface area contributed by atoms with E-state index in [1.54, 1.807) is 0 Å². The van der Waals surface area contributed by atoms with E-state index < -0.39 is 0 Å². The van der Waals surface area contributed by atoms with E-state index in [1.807, 2.05) is 0 Å². The molecule has 3 aromatic rings. The van der Waals surface area contributed by atoms with Gasteiger partial charge in [-0.3, -0.25) is 0 Å². The van der Waals surface area contributed by atoms with Crippen LogP contribution >= 0.6 is 11.6 Å². The number of benzene rings is 3. The van der Waals surface area contributed by atoms with Gasteiger partial charge in [0.05, 0.1) is 10.7 Å². The van der Waals surface area contributed by atoms with Gasteiger partial charge in [0.1, 0.15) is 0 Å². The standard InChI is InChI=1S/C21H24ClN/c1-3-4-5-8-14-23-21-17-12-7-6-11-16(17)20(22)19-15(2)10-9-13-18(19)21/h6-7,9-13,23H,3-5,8,14H2,1-2H3. The molecule has 0 heterocycles. The van der Waals surface area contributed by atoms with E-state index >= 15 is 0 Å². The minimum Gasteiger partial charge on any atom is -0.384 e. The van der Waals surface area contributed by atoms with Gasteiger partial charge in [0.15, 0.2) is 0 Å². The summed E-state index contributed by atoms with van der Waals surface area (Å²) in [6.07, 6.45) is 5.07. The molecule has 0 unspecified atom stereocenters. The van der Waals surface area contributed by atoms with Gasteiger partial charge in [-0.15, -0.1) is 0 Å². The molecule has 3 rings (SSSR count). The van der Waals surface area contributed by atoms with Crippen LogP contribution in [0.4, 0.5) is 5.69 Å². The third-order valence-electron chi connectivity index (χ3n) is 4.53. The van der Waals surface area contributed by atoms with Crippen molar-refractivity contribution < 1.29 is 0 Å². The maximum atomic E-state index is 6.73. The second-order valence-electron chi connectivity index (χ2n) is 6.22. The lowest BCUT2D eigenvalue weighted by Gasteiger charge is -2.16. The molecule has 120 valence electrons. The normalized spacial score (nSPS) is 11.3. The second-order valence-corrected chi connectivity index (χ2v) is 6.60. The van der Waals surface area contributed by atoms with Crippen LogP contribution in [0.3, 0.4) is 0 Å². The van der Waals surface area contributed by atoms with Crippen LogP contribution in [0, 0.1) is 6.92 Å². The first-order valence-corrected chi connectivity index (χ1v) is 8.95. The van der Waals surface area contributed by atoms with Crippen LogP contribution in [0.25, 0.3) is 21.5 Å². The zero-order valence-corrected chi connectivity index (χ0v) is 14.7. The van der Waals surface area contributed by atoms with Gasteiger partial charge >= 0.3 is 0 Å². The van der Waals surface area contributed by atoms with Crippen molar-refractivity contribution in [2.45, 2.75) is 39.5 Å². The second kappa shape index (κ2) is 7.23. The number of anilines is 1. The summed E-state index contributed by atoms with van der Waals surface area (Å²) in [6.45, 7) is 5.39. The van der Waals surface area contributed by atoms with E-state index in [0.29, 0.717) is 0 Å². The fraction of sp³-hybridized carbons (Fsp3) is 0.333. The van der Waals surface area contributed by atoms with Gasteiger partial charge in [-0.25, -0.2) is 0 Å². The van der Waals surface area contributed by atoms with Crippen molar-refractivity contribution in [3.05, 3.63) is 53.1 Å². The summed E-state index contributed by atoms with van der Waals surface area (Å²) in [7, 11) is 0. The number of aryl methyl sites for hydroxylation is 1. The molecule has 0 bridgehead atoms. The summed E-state index contributed by atoms with van der Waals surface area (Å²) in [4.78, 5) is 0. The van der Waals surface area contributed by atoms with Gasteiger partial charge in [0.2, 0.25) is 0 Å². The van der Waals surface area contributed by atoms with E-state index in [2.05, 4.69) is 61.6 Å². The van der Waals surface area contributed by atoms with E-state index in [-0.39, 0.29) is 0 Å². The minimum absolute atomic E-state index is 0.866. The largest absolute Gasteiger partial charge is 0.384 e. The highest BCUT2D eigenvalue weighted by Gasteiger charge is 2.13. The summed E-state index contributed by atoms with van der Waals surface area (Å²) in [5.74, 6) is 0. The molecular weight excluding hydrogens is 302 g/mol. The van der Waals surface area contributed by atoms with Crippen LogP contribution in [0.5, 0.6) is 0 Å². The van der Waals surface area contributed by atoms with Crippen molar-refractivity contribution in [1.29, 1.82) is 0 Å². The minimum atomic E-state index is 0.866. The first-order chi connectivity index (χ1) is 11.2. The van der Waals surface area contributed by atoms with Gasteiger partial charge in [0, 0.05) is 28.1 Å².